The highest BCUT2D eigenvalue weighted by Crippen LogP contribution is 2.20. The maximum absolute atomic E-state index is 11.1. The van der Waals surface area contributed by atoms with Crippen LogP contribution in [0.2, 0.25) is 0 Å². The average Bonchev–Trinajstić information content (AvgIpc) is 2.49. The van der Waals surface area contributed by atoms with E-state index in [9.17, 15) is 4.79 Å². The summed E-state index contributed by atoms with van der Waals surface area (Å²) in [6.07, 6.45) is 2.42. The normalized spacial score (nSPS) is 18.0. The van der Waals surface area contributed by atoms with E-state index < -0.39 is 0 Å². The number of nitrogens with two attached hydrogens (primary N) is 1. The highest BCUT2D eigenvalue weighted by atomic mass is 16.5. The lowest BCUT2D eigenvalue weighted by atomic mass is 10.0. The molecule has 7 heteroatoms. The van der Waals surface area contributed by atoms with Crippen LogP contribution in [0.25, 0.3) is 11.0 Å². The van der Waals surface area contributed by atoms with Gasteiger partial charge in [0.05, 0.1) is 30.4 Å². The predicted molar refractivity (Wildman–Crippen MR) is 80.8 cm³/mol. The van der Waals surface area contributed by atoms with Crippen molar-refractivity contribution in [3.63, 3.8) is 0 Å². The van der Waals surface area contributed by atoms with Crippen molar-refractivity contribution in [2.75, 3.05) is 26.8 Å². The molecule has 1 unspecified atom stereocenters. The number of carbonyl (C=O) groups is 1. The number of ether oxygens (including phenoxy) is 2. The fourth-order valence-electron chi connectivity index (χ4n) is 2.47. The molecule has 2 heterocycles. The summed E-state index contributed by atoms with van der Waals surface area (Å²) in [6.45, 7) is 1.96. The molecular formula is C15H18N4O3. The second kappa shape index (κ2) is 6.15. The quantitative estimate of drug-likeness (QED) is 0.839. The van der Waals surface area contributed by atoms with Crippen molar-refractivity contribution in [2.24, 2.45) is 5.73 Å². The Balaban J connectivity index is 1.60. The van der Waals surface area contributed by atoms with E-state index in [4.69, 9.17) is 15.2 Å². The number of hydrogen-bond donors (Lipinski definition) is 1. The number of fused-ring (bicyclic) bond motifs is 1. The van der Waals surface area contributed by atoms with Crippen molar-refractivity contribution in [3.05, 3.63) is 24.4 Å². The second-order valence-corrected chi connectivity index (χ2v) is 5.15. The SMILES string of the molecule is COc1ccc2ncc(OCCN3CCC3C(N)=O)nc2c1. The zero-order valence-electron chi connectivity index (χ0n) is 12.4. The standard InChI is InChI=1S/C15H18N4O3/c1-21-10-2-3-11-12(8-10)18-14(9-17-11)22-7-6-19-5-4-13(19)15(16)20/h2-3,8-9,13H,4-7H2,1H3,(H2,16,20). The Bertz CT molecular complexity index is 692. The zero-order chi connectivity index (χ0) is 15.5. The van der Waals surface area contributed by atoms with E-state index in [1.54, 1.807) is 13.3 Å². The van der Waals surface area contributed by atoms with E-state index >= 15 is 0 Å². The Hall–Kier alpha value is -2.41. The van der Waals surface area contributed by atoms with Gasteiger partial charge in [0, 0.05) is 19.2 Å². The van der Waals surface area contributed by atoms with Gasteiger partial charge in [-0.1, -0.05) is 0 Å². The van der Waals surface area contributed by atoms with Gasteiger partial charge in [-0.2, -0.15) is 0 Å². The first-order chi connectivity index (χ1) is 10.7. The molecule has 1 aromatic carbocycles. The van der Waals surface area contributed by atoms with Crippen LogP contribution in [0.3, 0.4) is 0 Å². The van der Waals surface area contributed by atoms with Gasteiger partial charge in [-0.05, 0) is 18.6 Å². The monoisotopic (exact) mass is 302 g/mol. The van der Waals surface area contributed by atoms with E-state index in [1.165, 1.54) is 0 Å². The molecule has 22 heavy (non-hydrogen) atoms. The largest absolute Gasteiger partial charge is 0.497 e. The van der Waals surface area contributed by atoms with E-state index in [0.717, 1.165) is 29.7 Å². The fraction of sp³-hybridized carbons (Fsp3) is 0.400. The summed E-state index contributed by atoms with van der Waals surface area (Å²) < 4.78 is 10.8. The van der Waals surface area contributed by atoms with Crippen LogP contribution in [0, 0.1) is 0 Å². The zero-order valence-corrected chi connectivity index (χ0v) is 12.4. The highest BCUT2D eigenvalue weighted by Gasteiger charge is 2.31. The molecule has 7 nitrogen and oxygen atoms in total. The summed E-state index contributed by atoms with van der Waals surface area (Å²) in [5.74, 6) is 0.907. The van der Waals surface area contributed by atoms with Gasteiger partial charge < -0.3 is 15.2 Å². The van der Waals surface area contributed by atoms with Crippen LogP contribution in [0.5, 0.6) is 11.6 Å². The molecule has 1 saturated heterocycles. The lowest BCUT2D eigenvalue weighted by molar-refractivity contribution is -0.127. The molecule has 0 saturated carbocycles. The van der Waals surface area contributed by atoms with Crippen LogP contribution in [-0.4, -0.2) is 53.6 Å². The molecular weight excluding hydrogens is 284 g/mol. The van der Waals surface area contributed by atoms with Crippen molar-refractivity contribution in [1.29, 1.82) is 0 Å². The smallest absolute Gasteiger partial charge is 0.234 e. The van der Waals surface area contributed by atoms with E-state index in [2.05, 4.69) is 9.97 Å². The number of primary amides is 1. The molecule has 1 aliphatic rings. The predicted octanol–water partition coefficient (Wildman–Crippen LogP) is 0.577. The summed E-state index contributed by atoms with van der Waals surface area (Å²) in [7, 11) is 1.61. The molecule has 1 fully saturated rings. The average molecular weight is 302 g/mol. The number of nitrogens with zero attached hydrogens (tertiary/aromatic N) is 3. The molecule has 2 aromatic rings. The van der Waals surface area contributed by atoms with Crippen LogP contribution >= 0.6 is 0 Å². The Morgan fingerprint density at radius 2 is 2.32 bits per heavy atom. The third-order valence-electron chi connectivity index (χ3n) is 3.81. The van der Waals surface area contributed by atoms with Gasteiger partial charge in [0.25, 0.3) is 0 Å². The molecule has 2 N–H and O–H groups in total. The molecule has 1 amide bonds. The molecule has 3 rings (SSSR count). The Kier molecular flexibility index (Phi) is 4.06. The Morgan fingerprint density at radius 3 is 3.00 bits per heavy atom. The molecule has 0 spiro atoms. The first kappa shape index (κ1) is 14.5. The molecule has 1 atom stereocenters. The van der Waals surface area contributed by atoms with Crippen molar-refractivity contribution in [3.8, 4) is 11.6 Å². The first-order valence-electron chi connectivity index (χ1n) is 7.14. The minimum absolute atomic E-state index is 0.157. The molecule has 1 aliphatic heterocycles. The van der Waals surface area contributed by atoms with Crippen LogP contribution in [0.1, 0.15) is 6.42 Å². The van der Waals surface area contributed by atoms with Gasteiger partial charge in [-0.25, -0.2) is 9.97 Å². The molecule has 0 bridgehead atoms. The van der Waals surface area contributed by atoms with Gasteiger partial charge in [0.2, 0.25) is 11.8 Å². The molecule has 0 aliphatic carbocycles. The van der Waals surface area contributed by atoms with E-state index in [1.807, 2.05) is 23.1 Å². The van der Waals surface area contributed by atoms with Gasteiger partial charge in [-0.3, -0.25) is 9.69 Å². The molecule has 0 radical (unpaired) electrons. The number of amides is 1. The number of methoxy groups -OCH3 is 1. The second-order valence-electron chi connectivity index (χ2n) is 5.15. The number of aromatic nitrogens is 2. The van der Waals surface area contributed by atoms with E-state index in [-0.39, 0.29) is 11.9 Å². The number of rotatable bonds is 6. The van der Waals surface area contributed by atoms with Gasteiger partial charge in [0.1, 0.15) is 12.4 Å². The Labute approximate surface area is 128 Å². The number of likely N-dealkylation sites (tertiary alicyclic amines) is 1. The van der Waals surface area contributed by atoms with Crippen LogP contribution < -0.4 is 15.2 Å². The van der Waals surface area contributed by atoms with Crippen LogP contribution in [0.15, 0.2) is 24.4 Å². The maximum atomic E-state index is 11.1. The summed E-state index contributed by atoms with van der Waals surface area (Å²) >= 11 is 0. The minimum atomic E-state index is -0.274. The van der Waals surface area contributed by atoms with Gasteiger partial charge >= 0.3 is 0 Å². The molecule has 116 valence electrons. The van der Waals surface area contributed by atoms with Crippen LogP contribution in [0.4, 0.5) is 0 Å². The lowest BCUT2D eigenvalue weighted by Gasteiger charge is -2.38. The van der Waals surface area contributed by atoms with E-state index in [0.29, 0.717) is 19.0 Å². The maximum Gasteiger partial charge on any atom is 0.234 e. The number of carbonyl (C=O) groups excluding carboxylic acids is 1. The fourth-order valence-corrected chi connectivity index (χ4v) is 2.47. The Morgan fingerprint density at radius 1 is 1.45 bits per heavy atom. The number of hydrogen-bond acceptors (Lipinski definition) is 6. The van der Waals surface area contributed by atoms with Crippen molar-refractivity contribution < 1.29 is 14.3 Å². The summed E-state index contributed by atoms with van der Waals surface area (Å²) in [5, 5.41) is 0. The van der Waals surface area contributed by atoms with Crippen molar-refractivity contribution in [1.82, 2.24) is 14.9 Å². The number of benzene rings is 1. The first-order valence-corrected chi connectivity index (χ1v) is 7.14. The highest BCUT2D eigenvalue weighted by molar-refractivity contribution is 5.80. The topological polar surface area (TPSA) is 90.6 Å². The molecule has 1 aromatic heterocycles. The lowest BCUT2D eigenvalue weighted by Crippen LogP contribution is -2.55. The minimum Gasteiger partial charge on any atom is -0.497 e. The van der Waals surface area contributed by atoms with Gasteiger partial charge in [-0.15, -0.1) is 0 Å². The van der Waals surface area contributed by atoms with Crippen molar-refractivity contribution >= 4 is 16.9 Å². The summed E-state index contributed by atoms with van der Waals surface area (Å²) in [5.41, 5.74) is 6.81. The third kappa shape index (κ3) is 2.94. The van der Waals surface area contributed by atoms with Crippen LogP contribution in [-0.2, 0) is 4.79 Å². The third-order valence-corrected chi connectivity index (χ3v) is 3.81. The van der Waals surface area contributed by atoms with Gasteiger partial charge in [0.15, 0.2) is 0 Å². The summed E-state index contributed by atoms with van der Waals surface area (Å²) in [6, 6.07) is 5.34. The summed E-state index contributed by atoms with van der Waals surface area (Å²) in [4.78, 5) is 21.8. The van der Waals surface area contributed by atoms with Crippen molar-refractivity contribution in [2.45, 2.75) is 12.5 Å².